The molecule has 86 heavy (non-hydrogen) atoms. The number of nitrogens with one attached hydrogen (secondary N) is 2. The predicted octanol–water partition coefficient (Wildman–Crippen LogP) is 10.7. The molecule has 454 valence electrons. The number of aromatic amines is 2. The molecule has 5 unspecified atom stereocenters. The second-order valence-corrected chi connectivity index (χ2v) is 28.5. The molecule has 0 saturated carbocycles. The molecule has 6 N–H and O–H groups in total. The second-order valence-electron chi connectivity index (χ2n) is 28.5. The van der Waals surface area contributed by atoms with E-state index in [9.17, 15) is 20.4 Å². The Morgan fingerprint density at radius 3 is 1.74 bits per heavy atom. The fourth-order valence-corrected chi connectivity index (χ4v) is 20.1. The Hall–Kier alpha value is -5.10. The molecule has 16 rings (SSSR count). The minimum Gasteiger partial charge on any atom is -0.390 e. The SMILES string of the molecule is OC1CCCN2CCC1O[C@@]13CC[C@@H](OC[C@]45CN6CCCC/C=C\CC[C@](O)(C=C(c7nccc8c7[nH]c7ccccc78)[C@@H]4CC6)[C@H]25)[C@@H](O)CCN1[C@@H]1[C@]2(CN4CCCC/C=C\CC[C@]1(O)C=C(c1nccc5c1[nH]c1ccccc15)[C@@H]2CC4)C3. The smallest absolute Gasteiger partial charge is 0.123 e. The number of piperidine rings is 2. The van der Waals surface area contributed by atoms with Crippen molar-refractivity contribution in [3.05, 3.63) is 121 Å². The Morgan fingerprint density at radius 1 is 0.512 bits per heavy atom. The lowest BCUT2D eigenvalue weighted by molar-refractivity contribution is -0.227. The topological polar surface area (TPSA) is 170 Å². The summed E-state index contributed by atoms with van der Waals surface area (Å²) in [5.74, 6) is 0.0323. The van der Waals surface area contributed by atoms with Gasteiger partial charge in [0.2, 0.25) is 0 Å². The second kappa shape index (κ2) is 22.1. The van der Waals surface area contributed by atoms with E-state index < -0.39 is 52.2 Å². The number of pyridine rings is 2. The average Bonchev–Trinajstić information content (AvgIpc) is 1.41. The van der Waals surface area contributed by atoms with Crippen LogP contribution in [0, 0.1) is 22.7 Å². The maximum absolute atomic E-state index is 14.4. The zero-order valence-electron chi connectivity index (χ0n) is 50.3. The monoisotopic (exact) mass is 1160 g/mol. The molecule has 14 heteroatoms. The van der Waals surface area contributed by atoms with Gasteiger partial charge < -0.3 is 49.7 Å². The average molecular weight is 1160 g/mol. The summed E-state index contributed by atoms with van der Waals surface area (Å²) < 4.78 is 15.9. The molecule has 10 bridgehead atoms. The highest BCUT2D eigenvalue weighted by molar-refractivity contribution is 6.11. The van der Waals surface area contributed by atoms with Gasteiger partial charge in [0, 0.05) is 82.0 Å². The summed E-state index contributed by atoms with van der Waals surface area (Å²) in [6.45, 7) is 7.67. The van der Waals surface area contributed by atoms with Gasteiger partial charge in [-0.3, -0.25) is 19.8 Å². The van der Waals surface area contributed by atoms with Crippen molar-refractivity contribution in [2.75, 3.05) is 65.5 Å². The molecule has 2 aliphatic carbocycles. The third kappa shape index (κ3) is 9.22. The number of para-hydroxylation sites is 2. The Morgan fingerprint density at radius 2 is 1.09 bits per heavy atom. The third-order valence-corrected chi connectivity index (χ3v) is 23.6. The van der Waals surface area contributed by atoms with Gasteiger partial charge in [-0.05, 0) is 214 Å². The lowest BCUT2D eigenvalue weighted by Gasteiger charge is -2.62. The standard InChI is InChI=1S/C72H90N8O6/c81-58-22-17-37-79-40-29-61(58)86-72-32-23-60(85-47-69-46-78-36-16-8-3-1-5-13-30-70(83,66(69)79)42-53(55(69)27-39-78)63-65-51(25-34-74-63)49-19-10-12-21-57(49)76-65)59(82)28-41-80(72)67-68(44-72)45-77-35-15-7-4-2-6-14-31-71(67,84)43-52(54(68)26-38-77)62-64-50(24-33-73-62)48-18-9-11-20-56(48)75-64/h1-2,5-6,9-12,18-21,24-25,33-34,42-43,54-55,58-61,66-67,75-76,81-84H,3-4,7-8,13-17,22-23,26-32,35-41,44-47H2/b5-1-,6-2-/t54-,55-,58?,59-,60+,61?,66+,67+,68-,69+,70-,71-,72+/m0/s1. The quantitative estimate of drug-likeness (QED) is 0.0909. The zero-order valence-corrected chi connectivity index (χ0v) is 50.3. The van der Waals surface area contributed by atoms with Crippen molar-refractivity contribution >= 4 is 54.8 Å². The van der Waals surface area contributed by atoms with Gasteiger partial charge in [-0.1, -0.05) is 60.7 Å². The van der Waals surface area contributed by atoms with Crippen LogP contribution in [0.3, 0.4) is 0 Å². The lowest BCUT2D eigenvalue weighted by atomic mass is 9.54. The van der Waals surface area contributed by atoms with Gasteiger partial charge in [-0.15, -0.1) is 0 Å². The summed E-state index contributed by atoms with van der Waals surface area (Å²) in [5, 5.41) is 59.3. The molecule has 8 aliphatic heterocycles. The third-order valence-electron chi connectivity index (χ3n) is 23.6. The van der Waals surface area contributed by atoms with Crippen molar-refractivity contribution in [3.63, 3.8) is 0 Å². The van der Waals surface area contributed by atoms with E-state index in [-0.39, 0.29) is 23.9 Å². The number of H-pyrrole nitrogens is 2. The molecule has 3 spiro atoms. The van der Waals surface area contributed by atoms with E-state index in [2.05, 4.69) is 127 Å². The Bertz CT molecular complexity index is 3650. The highest BCUT2D eigenvalue weighted by Crippen LogP contribution is 2.66. The van der Waals surface area contributed by atoms with Crippen LogP contribution in [0.4, 0.5) is 0 Å². The molecule has 16 atom stereocenters. The number of nitrogens with zero attached hydrogens (tertiary/aromatic N) is 6. The van der Waals surface area contributed by atoms with Crippen LogP contribution < -0.4 is 0 Å². The molecule has 4 aromatic heterocycles. The first kappa shape index (κ1) is 56.2. The molecule has 0 radical (unpaired) electrons. The molecular weight excluding hydrogens is 1070 g/mol. The Labute approximate surface area is 506 Å². The number of aliphatic hydroxyl groups is 4. The van der Waals surface area contributed by atoms with Crippen LogP contribution in [0.5, 0.6) is 0 Å². The first-order chi connectivity index (χ1) is 42.1. The van der Waals surface area contributed by atoms with E-state index in [0.29, 0.717) is 71.1 Å². The van der Waals surface area contributed by atoms with Crippen molar-refractivity contribution in [1.82, 2.24) is 39.5 Å². The maximum Gasteiger partial charge on any atom is 0.123 e. The number of ether oxygens (including phenoxy) is 2. The minimum atomic E-state index is -1.29. The van der Waals surface area contributed by atoms with Crippen molar-refractivity contribution in [2.24, 2.45) is 22.7 Å². The summed E-state index contributed by atoms with van der Waals surface area (Å²) >= 11 is 0. The van der Waals surface area contributed by atoms with Crippen LogP contribution in [0.15, 0.2) is 110 Å². The number of hydrogen-bond acceptors (Lipinski definition) is 12. The van der Waals surface area contributed by atoms with Crippen molar-refractivity contribution in [1.29, 1.82) is 0 Å². The molecule has 10 aliphatic rings. The predicted molar refractivity (Wildman–Crippen MR) is 339 cm³/mol. The van der Waals surface area contributed by atoms with Crippen molar-refractivity contribution in [2.45, 2.75) is 175 Å². The summed E-state index contributed by atoms with van der Waals surface area (Å²) in [6.07, 6.45) is 30.2. The summed E-state index contributed by atoms with van der Waals surface area (Å²) in [7, 11) is 0. The molecule has 6 saturated heterocycles. The largest absolute Gasteiger partial charge is 0.390 e. The van der Waals surface area contributed by atoms with E-state index >= 15 is 0 Å². The highest BCUT2D eigenvalue weighted by Gasteiger charge is 2.72. The number of rotatable bonds is 2. The van der Waals surface area contributed by atoms with Crippen LogP contribution in [-0.2, 0) is 9.47 Å². The van der Waals surface area contributed by atoms with E-state index in [4.69, 9.17) is 19.4 Å². The molecule has 12 heterocycles. The van der Waals surface area contributed by atoms with Crippen LogP contribution in [0.25, 0.3) is 54.8 Å². The van der Waals surface area contributed by atoms with Crippen LogP contribution >= 0.6 is 0 Å². The van der Waals surface area contributed by atoms with Crippen molar-refractivity contribution in [3.8, 4) is 0 Å². The number of aliphatic hydroxyl groups excluding tert-OH is 2. The Balaban J connectivity index is 0.847. The minimum absolute atomic E-state index is 0.0163. The number of fused-ring (bicyclic) bond motifs is 13. The van der Waals surface area contributed by atoms with Gasteiger partial charge in [0.15, 0.2) is 0 Å². The van der Waals surface area contributed by atoms with Gasteiger partial charge in [-0.25, -0.2) is 0 Å². The molecule has 6 fully saturated rings. The van der Waals surface area contributed by atoms with Gasteiger partial charge >= 0.3 is 0 Å². The Kier molecular flexibility index (Phi) is 14.5. The molecule has 2 aromatic carbocycles. The van der Waals surface area contributed by atoms with E-state index in [1.807, 2.05) is 12.4 Å². The fourth-order valence-electron chi connectivity index (χ4n) is 20.1. The zero-order chi connectivity index (χ0) is 57.8. The molecule has 6 aromatic rings. The van der Waals surface area contributed by atoms with Crippen molar-refractivity contribution < 1.29 is 29.9 Å². The normalized spacial score (nSPS) is 40.7. The number of hydrogen-bond donors (Lipinski definition) is 6. The summed E-state index contributed by atoms with van der Waals surface area (Å²) in [6, 6.07) is 20.7. The summed E-state index contributed by atoms with van der Waals surface area (Å²) in [5.41, 5.74) is 3.68. The van der Waals surface area contributed by atoms with Crippen LogP contribution in [-0.4, -0.2) is 179 Å². The van der Waals surface area contributed by atoms with Gasteiger partial charge in [-0.2, -0.15) is 0 Å². The van der Waals surface area contributed by atoms with Crippen LogP contribution in [0.2, 0.25) is 0 Å². The molecular formula is C72H90N8O6. The van der Waals surface area contributed by atoms with E-state index in [1.54, 1.807) is 0 Å². The first-order valence-electron chi connectivity index (χ1n) is 33.6. The molecule has 0 amide bonds. The van der Waals surface area contributed by atoms with E-state index in [0.717, 1.165) is 172 Å². The van der Waals surface area contributed by atoms with Gasteiger partial charge in [0.05, 0.1) is 76.7 Å². The summed E-state index contributed by atoms with van der Waals surface area (Å²) in [4.78, 5) is 28.9. The number of benzene rings is 2. The van der Waals surface area contributed by atoms with Gasteiger partial charge in [0.25, 0.3) is 0 Å². The first-order valence-corrected chi connectivity index (χ1v) is 33.6. The number of aromatic nitrogens is 4. The lowest BCUT2D eigenvalue weighted by Crippen LogP contribution is -2.71. The maximum atomic E-state index is 14.4. The van der Waals surface area contributed by atoms with Gasteiger partial charge in [0.1, 0.15) is 5.72 Å². The van der Waals surface area contributed by atoms with Crippen LogP contribution in [0.1, 0.15) is 133 Å². The molecule has 14 nitrogen and oxygen atoms in total. The highest BCUT2D eigenvalue weighted by atomic mass is 16.5. The fraction of sp³-hybridized carbons (Fsp3) is 0.583. The van der Waals surface area contributed by atoms with E-state index in [1.165, 1.54) is 10.8 Å². The number of allylic oxidation sites excluding steroid dienone is 6.